The molecule has 1 aromatic carbocycles. The first-order valence-corrected chi connectivity index (χ1v) is 5.95. The summed E-state index contributed by atoms with van der Waals surface area (Å²) in [4.78, 5) is 2.32. The summed E-state index contributed by atoms with van der Waals surface area (Å²) in [6.45, 7) is 4.19. The average molecular weight is 214 g/mol. The molecule has 1 fully saturated rings. The molecule has 16 heavy (non-hydrogen) atoms. The van der Waals surface area contributed by atoms with Crippen molar-refractivity contribution in [2.45, 2.75) is 31.7 Å². The van der Waals surface area contributed by atoms with E-state index in [0.29, 0.717) is 0 Å². The Morgan fingerprint density at radius 2 is 1.88 bits per heavy atom. The Bertz CT molecular complexity index is 373. The first-order valence-electron chi connectivity index (χ1n) is 5.95. The molecular formula is C14H18N2. The maximum Gasteiger partial charge on any atom is 0.110 e. The largest absolute Gasteiger partial charge is 0.285 e. The molecule has 1 aliphatic rings. The van der Waals surface area contributed by atoms with Crippen molar-refractivity contribution in [2.24, 2.45) is 0 Å². The number of hydrogen-bond donors (Lipinski definition) is 0. The Balaban J connectivity index is 2.13. The Morgan fingerprint density at radius 3 is 2.44 bits per heavy atom. The van der Waals surface area contributed by atoms with Crippen LogP contribution in [-0.2, 0) is 6.42 Å². The van der Waals surface area contributed by atoms with Gasteiger partial charge in [0.15, 0.2) is 0 Å². The molecule has 2 heteroatoms. The quantitative estimate of drug-likeness (QED) is 0.773. The van der Waals surface area contributed by atoms with Crippen LogP contribution in [0.15, 0.2) is 30.3 Å². The third-order valence-electron chi connectivity index (χ3n) is 3.44. The molecule has 0 saturated carbocycles. The normalized spacial score (nSPS) is 20.2. The molecule has 0 aliphatic carbocycles. The number of rotatable bonds is 3. The molecule has 1 atom stereocenters. The molecular weight excluding hydrogens is 196 g/mol. The minimum atomic E-state index is -0.335. The fraction of sp³-hybridized carbons (Fsp3) is 0.500. The van der Waals surface area contributed by atoms with Gasteiger partial charge in [-0.1, -0.05) is 30.3 Å². The van der Waals surface area contributed by atoms with E-state index in [2.05, 4.69) is 30.0 Å². The maximum absolute atomic E-state index is 9.42. The van der Waals surface area contributed by atoms with Crippen LogP contribution in [0.5, 0.6) is 0 Å². The predicted octanol–water partition coefficient (Wildman–Crippen LogP) is 2.61. The monoisotopic (exact) mass is 214 g/mol. The summed E-state index contributed by atoms with van der Waals surface area (Å²) in [7, 11) is 0. The average Bonchev–Trinajstić information content (AvgIpc) is 2.84. The summed E-state index contributed by atoms with van der Waals surface area (Å²) < 4.78 is 0. The molecule has 1 unspecified atom stereocenters. The topological polar surface area (TPSA) is 27.0 Å². The zero-order valence-corrected chi connectivity index (χ0v) is 9.82. The van der Waals surface area contributed by atoms with Crippen molar-refractivity contribution in [3.8, 4) is 6.07 Å². The van der Waals surface area contributed by atoms with Crippen LogP contribution in [0.2, 0.25) is 0 Å². The van der Waals surface area contributed by atoms with Crippen molar-refractivity contribution in [1.29, 1.82) is 5.26 Å². The van der Waals surface area contributed by atoms with Gasteiger partial charge in [0.1, 0.15) is 5.54 Å². The van der Waals surface area contributed by atoms with E-state index in [0.717, 1.165) is 19.5 Å². The van der Waals surface area contributed by atoms with Crippen LogP contribution < -0.4 is 0 Å². The maximum atomic E-state index is 9.42. The molecule has 1 saturated heterocycles. The lowest BCUT2D eigenvalue weighted by Gasteiger charge is -2.32. The molecule has 0 N–H and O–H groups in total. The van der Waals surface area contributed by atoms with Gasteiger partial charge in [-0.15, -0.1) is 0 Å². The molecule has 0 bridgehead atoms. The van der Waals surface area contributed by atoms with E-state index in [1.807, 2.05) is 18.2 Å². The highest BCUT2D eigenvalue weighted by atomic mass is 15.2. The second kappa shape index (κ2) is 4.67. The van der Waals surface area contributed by atoms with E-state index in [1.165, 1.54) is 18.4 Å². The van der Waals surface area contributed by atoms with E-state index >= 15 is 0 Å². The lowest BCUT2D eigenvalue weighted by molar-refractivity contribution is 0.191. The summed E-state index contributed by atoms with van der Waals surface area (Å²) in [5.41, 5.74) is 0.913. The summed E-state index contributed by atoms with van der Waals surface area (Å²) in [5.74, 6) is 0. The second-order valence-corrected chi connectivity index (χ2v) is 4.74. The van der Waals surface area contributed by atoms with Gasteiger partial charge in [0.25, 0.3) is 0 Å². The smallest absolute Gasteiger partial charge is 0.110 e. The summed E-state index contributed by atoms with van der Waals surface area (Å²) in [6.07, 6.45) is 3.28. The van der Waals surface area contributed by atoms with Crippen molar-refractivity contribution in [3.63, 3.8) is 0 Å². The van der Waals surface area contributed by atoms with Gasteiger partial charge >= 0.3 is 0 Å². The minimum Gasteiger partial charge on any atom is -0.285 e. The van der Waals surface area contributed by atoms with Crippen LogP contribution in [0.25, 0.3) is 0 Å². The van der Waals surface area contributed by atoms with Gasteiger partial charge < -0.3 is 0 Å². The van der Waals surface area contributed by atoms with Gasteiger partial charge in [-0.25, -0.2) is 0 Å². The molecule has 1 heterocycles. The van der Waals surface area contributed by atoms with E-state index < -0.39 is 0 Å². The Kier molecular flexibility index (Phi) is 3.26. The van der Waals surface area contributed by atoms with Crippen LogP contribution in [0.1, 0.15) is 25.3 Å². The number of nitrogens with zero attached hydrogens (tertiary/aromatic N) is 2. The highest BCUT2D eigenvalue weighted by Gasteiger charge is 2.33. The predicted molar refractivity (Wildman–Crippen MR) is 65.0 cm³/mol. The van der Waals surface area contributed by atoms with Crippen molar-refractivity contribution in [3.05, 3.63) is 35.9 Å². The second-order valence-electron chi connectivity index (χ2n) is 4.74. The van der Waals surface area contributed by atoms with Gasteiger partial charge in [0.2, 0.25) is 0 Å². The van der Waals surface area contributed by atoms with Crippen molar-refractivity contribution < 1.29 is 0 Å². The molecule has 0 radical (unpaired) electrons. The standard InChI is InChI=1S/C14H18N2/c1-14(12-15,16-9-5-6-10-16)11-13-7-3-2-4-8-13/h2-4,7-8H,5-6,9-11H2,1H3. The molecule has 2 rings (SSSR count). The first kappa shape index (κ1) is 11.2. The highest BCUT2D eigenvalue weighted by Crippen LogP contribution is 2.24. The van der Waals surface area contributed by atoms with Gasteiger partial charge in [0, 0.05) is 6.42 Å². The number of nitriles is 1. The van der Waals surface area contributed by atoms with Gasteiger partial charge in [-0.05, 0) is 38.4 Å². The number of hydrogen-bond acceptors (Lipinski definition) is 2. The van der Waals surface area contributed by atoms with E-state index in [-0.39, 0.29) is 5.54 Å². The van der Waals surface area contributed by atoms with Crippen molar-refractivity contribution >= 4 is 0 Å². The lowest BCUT2D eigenvalue weighted by atomic mass is 9.93. The number of benzene rings is 1. The number of likely N-dealkylation sites (tertiary alicyclic amines) is 1. The van der Waals surface area contributed by atoms with Crippen LogP contribution in [0, 0.1) is 11.3 Å². The third kappa shape index (κ3) is 2.25. The minimum absolute atomic E-state index is 0.335. The third-order valence-corrected chi connectivity index (χ3v) is 3.44. The fourth-order valence-electron chi connectivity index (χ4n) is 2.43. The molecule has 0 amide bonds. The molecule has 0 spiro atoms. The van der Waals surface area contributed by atoms with Crippen LogP contribution >= 0.6 is 0 Å². The van der Waals surface area contributed by atoms with E-state index in [4.69, 9.17) is 0 Å². The lowest BCUT2D eigenvalue weighted by Crippen LogP contribution is -2.45. The van der Waals surface area contributed by atoms with Gasteiger partial charge in [0.05, 0.1) is 6.07 Å². The molecule has 84 valence electrons. The fourth-order valence-corrected chi connectivity index (χ4v) is 2.43. The zero-order chi connectivity index (χ0) is 11.4. The molecule has 2 nitrogen and oxygen atoms in total. The molecule has 0 aromatic heterocycles. The SMILES string of the molecule is CC(C#N)(Cc1ccccc1)N1CCCC1. The Labute approximate surface area is 97.5 Å². The van der Waals surface area contributed by atoms with Crippen molar-refractivity contribution in [1.82, 2.24) is 4.90 Å². The molecule has 1 aliphatic heterocycles. The Morgan fingerprint density at radius 1 is 1.25 bits per heavy atom. The molecule has 1 aromatic rings. The summed E-state index contributed by atoms with van der Waals surface area (Å²) in [5, 5.41) is 9.42. The van der Waals surface area contributed by atoms with E-state index in [9.17, 15) is 5.26 Å². The first-order chi connectivity index (χ1) is 7.74. The van der Waals surface area contributed by atoms with E-state index in [1.54, 1.807) is 0 Å². The van der Waals surface area contributed by atoms with Crippen LogP contribution in [0.4, 0.5) is 0 Å². The van der Waals surface area contributed by atoms with Gasteiger partial charge in [-0.2, -0.15) is 5.26 Å². The highest BCUT2D eigenvalue weighted by molar-refractivity contribution is 5.21. The summed E-state index contributed by atoms with van der Waals surface area (Å²) in [6, 6.07) is 12.8. The van der Waals surface area contributed by atoms with Gasteiger partial charge in [-0.3, -0.25) is 4.90 Å². The van der Waals surface area contributed by atoms with Crippen LogP contribution in [0.3, 0.4) is 0 Å². The zero-order valence-electron chi connectivity index (χ0n) is 9.82. The Hall–Kier alpha value is -1.33. The van der Waals surface area contributed by atoms with Crippen LogP contribution in [-0.4, -0.2) is 23.5 Å². The van der Waals surface area contributed by atoms with Crippen molar-refractivity contribution in [2.75, 3.05) is 13.1 Å². The summed E-state index contributed by atoms with van der Waals surface area (Å²) >= 11 is 0.